The zero-order valence-corrected chi connectivity index (χ0v) is 29.8. The van der Waals surface area contributed by atoms with Gasteiger partial charge in [0.1, 0.15) is 16.7 Å². The van der Waals surface area contributed by atoms with Gasteiger partial charge < -0.3 is 13.7 Å². The minimum absolute atomic E-state index is 0.830. The van der Waals surface area contributed by atoms with Crippen LogP contribution in [0, 0.1) is 0 Å². The molecule has 0 radical (unpaired) electrons. The number of rotatable bonds is 6. The Kier molecular flexibility index (Phi) is 7.17. The van der Waals surface area contributed by atoms with Crippen molar-refractivity contribution in [2.24, 2.45) is 0 Å². The van der Waals surface area contributed by atoms with Crippen LogP contribution < -0.4 is 4.90 Å². The lowest BCUT2D eigenvalue weighted by Crippen LogP contribution is -2.10. The number of fused-ring (bicyclic) bond motifs is 7. The van der Waals surface area contributed by atoms with Gasteiger partial charge in [-0.25, -0.2) is 0 Å². The van der Waals surface area contributed by atoms with Gasteiger partial charge in [-0.1, -0.05) is 152 Å². The van der Waals surface area contributed by atoms with Crippen molar-refractivity contribution in [1.82, 2.24) is 0 Å². The third-order valence-corrected chi connectivity index (χ3v) is 10.9. The number of hydrogen-bond acceptors (Lipinski definition) is 3. The molecule has 0 aliphatic heterocycles. The highest BCUT2D eigenvalue weighted by Gasteiger charge is 2.22. The SMILES string of the molecule is c1ccc(-c2ccc3c(c2)oc2c(N(c4ccc(-c5cccc6ccccc56)cc4)c4ccc5c(c4)oc4c(-c6ccccc6)cccc45)cccc23)cc1. The number of hydrogen-bond donors (Lipinski definition) is 0. The molecule has 0 unspecified atom stereocenters. The summed E-state index contributed by atoms with van der Waals surface area (Å²) < 4.78 is 13.6. The van der Waals surface area contributed by atoms with Crippen molar-refractivity contribution in [1.29, 1.82) is 0 Å². The molecule has 0 spiro atoms. The third kappa shape index (κ3) is 5.20. The van der Waals surface area contributed by atoms with Crippen LogP contribution in [0.4, 0.5) is 17.1 Å². The molecular weight excluding hydrogens is 671 g/mol. The molecule has 0 saturated heterocycles. The lowest BCUT2D eigenvalue weighted by molar-refractivity contribution is 0.668. The number of furan rings is 2. The highest BCUT2D eigenvalue weighted by atomic mass is 16.3. The molecule has 11 aromatic rings. The average molecular weight is 704 g/mol. The molecule has 258 valence electrons. The van der Waals surface area contributed by atoms with Gasteiger partial charge in [-0.2, -0.15) is 0 Å². The summed E-state index contributed by atoms with van der Waals surface area (Å²) in [7, 11) is 0. The average Bonchev–Trinajstić information content (AvgIpc) is 3.83. The standard InChI is InChI=1S/C52H33NO2/c1-3-12-34(13-4-1)38-26-30-44-47-22-11-23-48(52(47)55-49(44)32-38)53(39-27-24-37(25-28-39)42-19-9-17-35-16-7-8-18-41(35)42)40-29-31-45-46-21-10-20-43(36-14-5-2-6-15-36)51(46)54-50(45)33-40/h1-33H. The van der Waals surface area contributed by atoms with Gasteiger partial charge in [0.2, 0.25) is 0 Å². The van der Waals surface area contributed by atoms with E-state index in [1.165, 1.54) is 16.3 Å². The fraction of sp³-hybridized carbons (Fsp3) is 0. The fourth-order valence-corrected chi connectivity index (χ4v) is 8.24. The summed E-state index contributed by atoms with van der Waals surface area (Å²) in [4.78, 5) is 2.29. The lowest BCUT2D eigenvalue weighted by atomic mass is 9.98. The van der Waals surface area contributed by atoms with Gasteiger partial charge >= 0.3 is 0 Å². The molecule has 0 saturated carbocycles. The van der Waals surface area contributed by atoms with Crippen molar-refractivity contribution in [3.8, 4) is 33.4 Å². The molecule has 9 aromatic carbocycles. The molecular formula is C52H33NO2. The van der Waals surface area contributed by atoms with E-state index >= 15 is 0 Å². The van der Waals surface area contributed by atoms with Gasteiger partial charge in [0.25, 0.3) is 0 Å². The lowest BCUT2D eigenvalue weighted by Gasteiger charge is -2.25. The van der Waals surface area contributed by atoms with Crippen LogP contribution in [0.1, 0.15) is 0 Å². The van der Waals surface area contributed by atoms with E-state index < -0.39 is 0 Å². The van der Waals surface area contributed by atoms with Gasteiger partial charge in [0.15, 0.2) is 5.58 Å². The van der Waals surface area contributed by atoms with Crippen LogP contribution in [-0.4, -0.2) is 0 Å². The molecule has 3 heteroatoms. The van der Waals surface area contributed by atoms with E-state index in [0.29, 0.717) is 0 Å². The van der Waals surface area contributed by atoms with Crippen molar-refractivity contribution in [3.63, 3.8) is 0 Å². The van der Waals surface area contributed by atoms with Crippen molar-refractivity contribution in [2.75, 3.05) is 4.90 Å². The molecule has 11 rings (SSSR count). The minimum atomic E-state index is 0.830. The number of benzene rings is 9. The van der Waals surface area contributed by atoms with Crippen LogP contribution in [0.5, 0.6) is 0 Å². The van der Waals surface area contributed by atoms with Gasteiger partial charge in [-0.15, -0.1) is 0 Å². The van der Waals surface area contributed by atoms with Gasteiger partial charge in [-0.05, 0) is 81.1 Å². The highest BCUT2D eigenvalue weighted by Crippen LogP contribution is 2.45. The van der Waals surface area contributed by atoms with Crippen molar-refractivity contribution in [3.05, 3.63) is 200 Å². The molecule has 0 bridgehead atoms. The predicted molar refractivity (Wildman–Crippen MR) is 229 cm³/mol. The maximum Gasteiger partial charge on any atom is 0.159 e. The number of nitrogens with zero attached hydrogens (tertiary/aromatic N) is 1. The second-order valence-corrected chi connectivity index (χ2v) is 14.1. The third-order valence-electron chi connectivity index (χ3n) is 10.9. The largest absolute Gasteiger partial charge is 0.455 e. The van der Waals surface area contributed by atoms with Crippen LogP contribution in [-0.2, 0) is 0 Å². The Balaban J connectivity index is 1.10. The molecule has 0 N–H and O–H groups in total. The summed E-state index contributed by atoms with van der Waals surface area (Å²) in [5.74, 6) is 0. The molecule has 0 atom stereocenters. The maximum atomic E-state index is 6.85. The first kappa shape index (κ1) is 31.2. The second kappa shape index (κ2) is 12.6. The molecule has 0 fully saturated rings. The molecule has 3 nitrogen and oxygen atoms in total. The Morgan fingerprint density at radius 3 is 1.67 bits per heavy atom. The molecule has 0 aliphatic rings. The summed E-state index contributed by atoms with van der Waals surface area (Å²) in [6.45, 7) is 0. The summed E-state index contributed by atoms with van der Waals surface area (Å²) in [6, 6.07) is 70.7. The second-order valence-electron chi connectivity index (χ2n) is 14.1. The number of anilines is 3. The molecule has 0 aliphatic carbocycles. The Bertz CT molecular complexity index is 3190. The van der Waals surface area contributed by atoms with Crippen molar-refractivity contribution >= 4 is 71.7 Å². The number of para-hydroxylation sites is 2. The van der Waals surface area contributed by atoms with Crippen molar-refractivity contribution < 1.29 is 8.83 Å². The first-order valence-corrected chi connectivity index (χ1v) is 18.7. The zero-order valence-electron chi connectivity index (χ0n) is 29.8. The van der Waals surface area contributed by atoms with Gasteiger partial charge in [0, 0.05) is 38.9 Å². The minimum Gasteiger partial charge on any atom is -0.455 e. The quantitative estimate of drug-likeness (QED) is 0.173. The molecule has 0 amide bonds. The topological polar surface area (TPSA) is 29.5 Å². The molecule has 55 heavy (non-hydrogen) atoms. The highest BCUT2D eigenvalue weighted by molar-refractivity contribution is 6.13. The van der Waals surface area contributed by atoms with Gasteiger partial charge in [0.05, 0.1) is 11.4 Å². The van der Waals surface area contributed by atoms with Gasteiger partial charge in [-0.3, -0.25) is 0 Å². The van der Waals surface area contributed by atoms with E-state index in [1.54, 1.807) is 0 Å². The normalized spacial score (nSPS) is 11.6. The Hall–Kier alpha value is -7.36. The summed E-state index contributed by atoms with van der Waals surface area (Å²) in [5.41, 5.74) is 13.2. The van der Waals surface area contributed by atoms with E-state index in [-0.39, 0.29) is 0 Å². The van der Waals surface area contributed by atoms with E-state index in [4.69, 9.17) is 8.83 Å². The Morgan fingerprint density at radius 1 is 0.309 bits per heavy atom. The van der Waals surface area contributed by atoms with E-state index in [2.05, 4.69) is 193 Å². The van der Waals surface area contributed by atoms with Crippen LogP contribution in [0.2, 0.25) is 0 Å². The summed E-state index contributed by atoms with van der Waals surface area (Å²) in [5, 5.41) is 6.81. The van der Waals surface area contributed by atoms with Crippen LogP contribution >= 0.6 is 0 Å². The maximum absolute atomic E-state index is 6.85. The first-order chi connectivity index (χ1) is 27.3. The monoisotopic (exact) mass is 703 g/mol. The molecule has 2 aromatic heterocycles. The van der Waals surface area contributed by atoms with E-state index in [9.17, 15) is 0 Å². The van der Waals surface area contributed by atoms with E-state index in [1.807, 2.05) is 12.1 Å². The zero-order chi connectivity index (χ0) is 36.3. The van der Waals surface area contributed by atoms with Crippen molar-refractivity contribution in [2.45, 2.75) is 0 Å². The Morgan fingerprint density at radius 2 is 0.855 bits per heavy atom. The van der Waals surface area contributed by atoms with Crippen LogP contribution in [0.15, 0.2) is 209 Å². The summed E-state index contributed by atoms with van der Waals surface area (Å²) >= 11 is 0. The predicted octanol–water partition coefficient (Wildman–Crippen LogP) is 15.1. The van der Waals surface area contributed by atoms with E-state index in [0.717, 1.165) is 88.8 Å². The Labute approximate surface area is 317 Å². The summed E-state index contributed by atoms with van der Waals surface area (Å²) in [6.07, 6.45) is 0. The first-order valence-electron chi connectivity index (χ1n) is 18.7. The van der Waals surface area contributed by atoms with Crippen LogP contribution in [0.3, 0.4) is 0 Å². The van der Waals surface area contributed by atoms with Crippen LogP contribution in [0.25, 0.3) is 88.0 Å². The fourth-order valence-electron chi connectivity index (χ4n) is 8.24. The smallest absolute Gasteiger partial charge is 0.159 e. The molecule has 2 heterocycles.